The maximum absolute atomic E-state index is 14.9. The number of rotatable bonds is 12. The van der Waals surface area contributed by atoms with Crippen LogP contribution in [0.15, 0.2) is 90.1 Å². The molecule has 1 spiro atoms. The molecule has 60 heavy (non-hydrogen) atoms. The zero-order valence-electron chi connectivity index (χ0n) is 32.3. The van der Waals surface area contributed by atoms with Crippen LogP contribution in [0.5, 0.6) is 11.5 Å². The molecule has 5 atom stereocenters. The summed E-state index contributed by atoms with van der Waals surface area (Å²) in [5, 5.41) is 3.75. The Bertz CT molecular complexity index is 2690. The second-order valence-electron chi connectivity index (χ2n) is 16.5. The molecule has 4 aromatic carbocycles. The number of ether oxygens (including phenoxy) is 1. The number of halogens is 2. The zero-order valence-corrected chi connectivity index (χ0v) is 36.3. The van der Waals surface area contributed by atoms with Crippen molar-refractivity contribution in [3.63, 3.8) is 0 Å². The van der Waals surface area contributed by atoms with E-state index >= 15 is 0 Å². The molecule has 3 fully saturated rings. The van der Waals surface area contributed by atoms with Gasteiger partial charge in [0.2, 0.25) is 11.8 Å². The molecule has 17 heteroatoms. The number of aromatic nitrogens is 1. The smallest absolute Gasteiger partial charge is 0.409 e. The molecule has 0 saturated heterocycles. The number of benzene rings is 4. The van der Waals surface area contributed by atoms with Gasteiger partial charge < -0.3 is 24.0 Å². The molecule has 3 heterocycles. The van der Waals surface area contributed by atoms with Crippen LogP contribution in [0.3, 0.4) is 0 Å². The van der Waals surface area contributed by atoms with Gasteiger partial charge in [0.15, 0.2) is 0 Å². The first-order valence-electron chi connectivity index (χ1n) is 19.6. The van der Waals surface area contributed by atoms with E-state index in [0.29, 0.717) is 72.5 Å². The van der Waals surface area contributed by atoms with E-state index in [1.54, 1.807) is 68.9 Å². The van der Waals surface area contributed by atoms with Crippen molar-refractivity contribution in [2.24, 2.45) is 16.2 Å². The van der Waals surface area contributed by atoms with Gasteiger partial charge >= 0.3 is 13.9 Å². The lowest BCUT2D eigenvalue weighted by atomic mass is 9.72. The van der Waals surface area contributed by atoms with Crippen LogP contribution in [0.1, 0.15) is 42.2 Å². The summed E-state index contributed by atoms with van der Waals surface area (Å²) >= 11 is 13.1. The number of nitrogens with zero attached hydrogens (tertiary/aromatic N) is 4. The second kappa shape index (κ2) is 14.5. The minimum Gasteiger partial charge on any atom is -0.409 e. The van der Waals surface area contributed by atoms with Gasteiger partial charge in [-0.1, -0.05) is 65.4 Å². The molecule has 5 aliphatic rings. The molecule has 1 aromatic heterocycles. The number of carbonyl (C=O) groups is 3. The van der Waals surface area contributed by atoms with Crippen molar-refractivity contribution in [3.05, 3.63) is 96.2 Å². The monoisotopic (exact) mass is 904 g/mol. The lowest BCUT2D eigenvalue weighted by Gasteiger charge is -2.37. The number of hydrogen-bond acceptors (Lipinski definition) is 9. The van der Waals surface area contributed by atoms with Crippen molar-refractivity contribution in [1.82, 2.24) is 9.88 Å². The SMILES string of the molecule is CN(CCSSc1ccccn1)C(=O)Oc1cc2c(c3ccccc13)[C@H](CCl)CN2C(=O)C12CC3(C(=O)N4C[C@@H](CCl)c5c4cc(OP(=O)(O)O)c4ccccc54)CC13C2. The molecule has 2 N–H and O–H groups in total. The Labute approximate surface area is 363 Å². The summed E-state index contributed by atoms with van der Waals surface area (Å²) in [7, 11) is -0.0799. The Morgan fingerprint density at radius 1 is 0.817 bits per heavy atom. The normalized spacial score (nSPS) is 25.6. The molecule has 0 radical (unpaired) electrons. The number of amides is 3. The molecular weight excluding hydrogens is 867 g/mol. The number of phosphoric ester groups is 1. The largest absolute Gasteiger partial charge is 0.524 e. The van der Waals surface area contributed by atoms with Gasteiger partial charge in [-0.15, -0.1) is 23.2 Å². The summed E-state index contributed by atoms with van der Waals surface area (Å²) in [6.07, 6.45) is 2.79. The van der Waals surface area contributed by atoms with Crippen LogP contribution < -0.4 is 19.1 Å². The Hall–Kier alpha value is -4.01. The standard InChI is InChI=1S/C43H39Cl2N4O8PS2/c1-47(14-15-59-60-35-12-6-7-13-46-35)40(52)56-33-16-31-36(29-10-4-2-8-27(29)33)25(18-44)20-48(31)38(50)41-22-42(24-43(41,42)23-41)39(51)49-21-26(19-45)37-30-11-5-3-9-28(30)34(17-32(37)49)57-58(53,54)55/h2-13,16-17,25-26H,14-15,18-24H2,1H3,(H2,53,54,55)/t25-,26-,41?,42?,43?/m1/s1. The van der Waals surface area contributed by atoms with Gasteiger partial charge in [0.05, 0.1) is 22.2 Å². The Morgan fingerprint density at radius 3 is 1.87 bits per heavy atom. The lowest BCUT2D eigenvalue weighted by Crippen LogP contribution is -2.49. The number of hydrogen-bond donors (Lipinski definition) is 2. The van der Waals surface area contributed by atoms with Crippen LogP contribution in [0.25, 0.3) is 21.5 Å². The number of anilines is 2. The first-order chi connectivity index (χ1) is 28.8. The second-order valence-corrected chi connectivity index (χ2v) is 20.7. The van der Waals surface area contributed by atoms with Gasteiger partial charge in [-0.3, -0.25) is 19.4 Å². The molecule has 10 rings (SSSR count). The molecule has 310 valence electrons. The average molecular weight is 906 g/mol. The highest BCUT2D eigenvalue weighted by Gasteiger charge is 3.01. The van der Waals surface area contributed by atoms with Gasteiger partial charge in [0.25, 0.3) is 0 Å². The van der Waals surface area contributed by atoms with E-state index in [4.69, 9.17) is 32.5 Å². The fraction of sp³-hybridized carbons (Fsp3) is 0.349. The number of pyridine rings is 1. The van der Waals surface area contributed by atoms with Crippen LogP contribution in [0.4, 0.5) is 16.2 Å². The number of carbonyl (C=O) groups excluding carboxylic acids is 3. The van der Waals surface area contributed by atoms with Gasteiger partial charge in [0, 0.05) is 90.5 Å². The Balaban J connectivity index is 0.899. The molecule has 5 aromatic rings. The Morgan fingerprint density at radius 2 is 1.35 bits per heavy atom. The topological polar surface area (TPSA) is 150 Å². The van der Waals surface area contributed by atoms with E-state index in [-0.39, 0.29) is 41.2 Å². The quantitative estimate of drug-likeness (QED) is 0.0535. The van der Waals surface area contributed by atoms with Crippen LogP contribution in [0.2, 0.25) is 0 Å². The van der Waals surface area contributed by atoms with E-state index in [9.17, 15) is 28.7 Å². The number of fused-ring (bicyclic) bond motifs is 6. The molecule has 3 amide bonds. The number of phosphoric acid groups is 1. The summed E-state index contributed by atoms with van der Waals surface area (Å²) < 4.78 is 23.3. The van der Waals surface area contributed by atoms with E-state index in [0.717, 1.165) is 26.9 Å². The summed E-state index contributed by atoms with van der Waals surface area (Å²) in [4.78, 5) is 72.0. The molecule has 3 aliphatic carbocycles. The van der Waals surface area contributed by atoms with E-state index in [1.165, 1.54) is 4.90 Å². The Kier molecular flexibility index (Phi) is 9.72. The van der Waals surface area contributed by atoms with Crippen molar-refractivity contribution in [3.8, 4) is 11.5 Å². The molecule has 12 nitrogen and oxygen atoms in total. The minimum absolute atomic E-state index is 0.0151. The third-order valence-electron chi connectivity index (χ3n) is 13.3. The predicted octanol–water partition coefficient (Wildman–Crippen LogP) is 8.94. The summed E-state index contributed by atoms with van der Waals surface area (Å²) in [5.41, 5.74) is 1.06. The first-order valence-corrected chi connectivity index (χ1v) is 24.5. The maximum Gasteiger partial charge on any atom is 0.524 e. The van der Waals surface area contributed by atoms with Gasteiger partial charge in [-0.25, -0.2) is 14.3 Å². The maximum atomic E-state index is 14.9. The van der Waals surface area contributed by atoms with Crippen molar-refractivity contribution in [2.75, 3.05) is 54.0 Å². The van der Waals surface area contributed by atoms with Crippen molar-refractivity contribution in [2.45, 2.75) is 36.1 Å². The molecule has 2 aliphatic heterocycles. The van der Waals surface area contributed by atoms with Crippen molar-refractivity contribution < 1.29 is 38.0 Å². The van der Waals surface area contributed by atoms with E-state index < -0.39 is 30.2 Å². The third kappa shape index (κ3) is 6.07. The highest BCUT2D eigenvalue weighted by atomic mass is 35.5. The molecule has 3 unspecified atom stereocenters. The van der Waals surface area contributed by atoms with Crippen LogP contribution in [0, 0.1) is 16.2 Å². The fourth-order valence-corrected chi connectivity index (χ4v) is 13.4. The predicted molar refractivity (Wildman–Crippen MR) is 235 cm³/mol. The van der Waals surface area contributed by atoms with E-state index in [1.807, 2.05) is 54.6 Å². The molecular formula is C43H39Cl2N4O8PS2. The average Bonchev–Trinajstić information content (AvgIpc) is 3.75. The van der Waals surface area contributed by atoms with Crippen LogP contribution >= 0.6 is 52.6 Å². The summed E-state index contributed by atoms with van der Waals surface area (Å²) in [6, 6.07) is 23.9. The molecule has 3 saturated carbocycles. The summed E-state index contributed by atoms with van der Waals surface area (Å²) in [5.74, 6) is 1.01. The van der Waals surface area contributed by atoms with Gasteiger partial charge in [-0.05, 0) is 64.1 Å². The van der Waals surface area contributed by atoms with Crippen molar-refractivity contribution in [1.29, 1.82) is 0 Å². The third-order valence-corrected chi connectivity index (χ3v) is 16.8. The fourth-order valence-electron chi connectivity index (χ4n) is 10.6. The first kappa shape index (κ1) is 40.1. The zero-order chi connectivity index (χ0) is 41.8. The van der Waals surface area contributed by atoms with Crippen LogP contribution in [-0.2, 0) is 14.2 Å². The summed E-state index contributed by atoms with van der Waals surface area (Å²) in [6.45, 7) is 1.13. The number of alkyl halides is 2. The van der Waals surface area contributed by atoms with Gasteiger partial charge in [-0.2, -0.15) is 0 Å². The van der Waals surface area contributed by atoms with Crippen LogP contribution in [-0.4, -0.2) is 81.8 Å². The molecule has 0 bridgehead atoms. The lowest BCUT2D eigenvalue weighted by molar-refractivity contribution is -0.134. The van der Waals surface area contributed by atoms with E-state index in [2.05, 4.69) is 4.98 Å². The highest BCUT2D eigenvalue weighted by Crippen LogP contribution is 3.01. The van der Waals surface area contributed by atoms with Gasteiger partial charge in [0.1, 0.15) is 16.5 Å². The van der Waals surface area contributed by atoms with Crippen molar-refractivity contribution >= 4 is 103 Å². The minimum atomic E-state index is -4.92. The highest BCUT2D eigenvalue weighted by molar-refractivity contribution is 8.76.